The van der Waals surface area contributed by atoms with Gasteiger partial charge in [0.1, 0.15) is 11.4 Å². The first-order valence-electron chi connectivity index (χ1n) is 14.7. The van der Waals surface area contributed by atoms with E-state index in [0.29, 0.717) is 69.5 Å². The van der Waals surface area contributed by atoms with Crippen LogP contribution in [0.2, 0.25) is 18.1 Å². The van der Waals surface area contributed by atoms with Crippen molar-refractivity contribution in [2.75, 3.05) is 33.0 Å². The maximum Gasteiger partial charge on any atom is 0.192 e. The summed E-state index contributed by atoms with van der Waals surface area (Å²) in [5.41, 5.74) is -0.810. The minimum absolute atomic E-state index is 0. The number of carbonyl (C=O) groups is 1. The number of aliphatic hydroxyl groups is 1. The van der Waals surface area contributed by atoms with E-state index in [1.807, 2.05) is 0 Å². The van der Waals surface area contributed by atoms with Crippen molar-refractivity contribution in [1.82, 2.24) is 0 Å². The number of Topliss-reactive ketones (excluding diaryl/α,β-unsaturated/α-hetero) is 1. The van der Waals surface area contributed by atoms with Gasteiger partial charge in [-0.2, -0.15) is 0 Å². The molecule has 4 rings (SSSR count). The lowest BCUT2D eigenvalue weighted by Crippen LogP contribution is -2.42. The van der Waals surface area contributed by atoms with E-state index >= 15 is 0 Å². The minimum atomic E-state index is -1.54. The number of ketones is 1. The maximum atomic E-state index is 10.9. The Bertz CT molecular complexity index is 840. The van der Waals surface area contributed by atoms with Crippen molar-refractivity contribution < 1.29 is 33.3 Å². The smallest absolute Gasteiger partial charge is 0.192 e. The monoisotopic (exact) mass is 580 g/mol. The van der Waals surface area contributed by atoms with Gasteiger partial charge in [0.05, 0.1) is 26.4 Å². The van der Waals surface area contributed by atoms with E-state index in [1.54, 1.807) is 0 Å². The van der Waals surface area contributed by atoms with Crippen LogP contribution in [0.3, 0.4) is 0 Å². The predicted octanol–water partition coefficient (Wildman–Crippen LogP) is 6.38. The first-order valence-corrected chi connectivity index (χ1v) is 17.6. The molecule has 2 saturated carbocycles. The van der Waals surface area contributed by atoms with Gasteiger partial charge in [-0.05, 0) is 37.4 Å². The van der Waals surface area contributed by atoms with Crippen LogP contribution in [0.4, 0.5) is 0 Å². The van der Waals surface area contributed by atoms with Crippen LogP contribution < -0.4 is 0 Å². The van der Waals surface area contributed by atoms with Gasteiger partial charge < -0.3 is 28.5 Å². The molecule has 4 aliphatic rings. The Morgan fingerprint density at radius 1 is 0.900 bits per heavy atom. The molecule has 0 aromatic rings. The summed E-state index contributed by atoms with van der Waals surface area (Å²) in [6.07, 6.45) is 13.4. The summed E-state index contributed by atoms with van der Waals surface area (Å²) in [5, 5.41) is 10.6. The minimum Gasteiger partial charge on any atom is -0.416 e. The van der Waals surface area contributed by atoms with E-state index in [0.717, 1.165) is 44.9 Å². The van der Waals surface area contributed by atoms with Gasteiger partial charge in [-0.15, -0.1) is 18.3 Å². The molecular weight excluding hydrogens is 524 g/mol. The summed E-state index contributed by atoms with van der Waals surface area (Å²) in [4.78, 5) is 10.9. The van der Waals surface area contributed by atoms with Gasteiger partial charge in [0.2, 0.25) is 0 Å². The van der Waals surface area contributed by atoms with E-state index in [9.17, 15) is 9.90 Å². The summed E-state index contributed by atoms with van der Waals surface area (Å²) < 4.78 is 28.0. The molecule has 4 fully saturated rings. The van der Waals surface area contributed by atoms with Gasteiger partial charge in [0.25, 0.3) is 0 Å². The lowest BCUT2D eigenvalue weighted by molar-refractivity contribution is -0.195. The Morgan fingerprint density at radius 2 is 1.38 bits per heavy atom. The Kier molecular flexibility index (Phi) is 15.1. The van der Waals surface area contributed by atoms with Crippen LogP contribution in [-0.4, -0.2) is 69.4 Å². The molecule has 7 nitrogen and oxygen atoms in total. The molecule has 2 saturated heterocycles. The predicted molar refractivity (Wildman–Crippen MR) is 162 cm³/mol. The number of hydrogen-bond donors (Lipinski definition) is 1. The molecule has 2 aliphatic carbocycles. The van der Waals surface area contributed by atoms with Gasteiger partial charge in [-0.3, -0.25) is 4.79 Å². The molecule has 0 atom stereocenters. The molecule has 0 bridgehead atoms. The lowest BCUT2D eigenvalue weighted by Gasteiger charge is -2.37. The van der Waals surface area contributed by atoms with Gasteiger partial charge in [0.15, 0.2) is 19.9 Å². The highest BCUT2D eigenvalue weighted by molar-refractivity contribution is 6.74. The SMILES string of the molecule is C.C#CCCO[Si](C)(C)C(C)(C)C.CCCC#CC1(O)CCC2(CC1)OCCO2.O=C1CCC2(CC1)OCCO2. The molecular formula is C32H56O7Si. The molecule has 2 spiro atoms. The third-order valence-corrected chi connectivity index (χ3v) is 12.8. The van der Waals surface area contributed by atoms with E-state index in [-0.39, 0.29) is 13.2 Å². The standard InChI is InChI=1S/C13H20O3.C10H20OSi.C8H12O3.CH4/c1-2-3-4-5-12(14)6-8-13(9-7-12)15-10-11-16-13;1-7-8-9-11-12(5,6)10(2,3)4;9-7-1-3-8(4-2-7)10-5-6-11-8;/h14H,2-3,6-11H2,1H3;1H,8-9H2,2-6H3;1-6H2;1H4. The highest BCUT2D eigenvalue weighted by Gasteiger charge is 2.45. The van der Waals surface area contributed by atoms with Crippen molar-refractivity contribution in [2.24, 2.45) is 0 Å². The molecule has 0 radical (unpaired) electrons. The van der Waals surface area contributed by atoms with Crippen LogP contribution in [-0.2, 0) is 28.2 Å². The fraction of sp³-hybridized carbons (Fsp3) is 0.844. The molecule has 230 valence electrons. The number of ether oxygens (including phenoxy) is 4. The zero-order valence-corrected chi connectivity index (χ0v) is 26.3. The molecule has 1 N–H and O–H groups in total. The van der Waals surface area contributed by atoms with E-state index in [4.69, 9.17) is 29.8 Å². The van der Waals surface area contributed by atoms with Gasteiger partial charge in [-0.25, -0.2) is 0 Å². The molecule has 0 aromatic heterocycles. The molecule has 8 heteroatoms. The van der Waals surface area contributed by atoms with Crippen molar-refractivity contribution in [1.29, 1.82) is 0 Å². The van der Waals surface area contributed by atoms with Crippen molar-refractivity contribution >= 4 is 14.1 Å². The number of hydrogen-bond acceptors (Lipinski definition) is 7. The van der Waals surface area contributed by atoms with Gasteiger partial charge in [0, 0.05) is 58.0 Å². The van der Waals surface area contributed by atoms with Gasteiger partial charge >= 0.3 is 0 Å². The second-order valence-corrected chi connectivity index (χ2v) is 17.2. The summed E-state index contributed by atoms with van der Waals surface area (Å²) in [6, 6.07) is 0. The van der Waals surface area contributed by atoms with Crippen LogP contribution in [0, 0.1) is 24.2 Å². The van der Waals surface area contributed by atoms with E-state index in [2.05, 4.69) is 58.6 Å². The average Bonchev–Trinajstić information content (AvgIpc) is 3.54. The Labute approximate surface area is 245 Å². The molecule has 0 amide bonds. The van der Waals surface area contributed by atoms with Crippen molar-refractivity contribution in [2.45, 2.75) is 141 Å². The summed E-state index contributed by atoms with van der Waals surface area (Å²) in [7, 11) is -1.54. The lowest BCUT2D eigenvalue weighted by atomic mass is 9.81. The summed E-state index contributed by atoms with van der Waals surface area (Å²) in [5.74, 6) is 8.20. The number of carbonyl (C=O) groups excluding carboxylic acids is 1. The summed E-state index contributed by atoms with van der Waals surface area (Å²) >= 11 is 0. The molecule has 40 heavy (non-hydrogen) atoms. The largest absolute Gasteiger partial charge is 0.416 e. The number of terminal acetylenes is 1. The topological polar surface area (TPSA) is 83.5 Å². The second kappa shape index (κ2) is 16.4. The third-order valence-electron chi connectivity index (χ3n) is 8.25. The zero-order valence-electron chi connectivity index (χ0n) is 25.3. The van der Waals surface area contributed by atoms with Crippen molar-refractivity contribution in [3.8, 4) is 24.2 Å². The third kappa shape index (κ3) is 11.6. The van der Waals surface area contributed by atoms with E-state index < -0.39 is 19.7 Å². The second-order valence-electron chi connectivity index (χ2n) is 12.4. The first kappa shape index (κ1) is 36.8. The van der Waals surface area contributed by atoms with Crippen LogP contribution in [0.15, 0.2) is 0 Å². The van der Waals surface area contributed by atoms with Gasteiger partial charge in [-0.1, -0.05) is 41.0 Å². The normalized spacial score (nSPS) is 22.5. The highest BCUT2D eigenvalue weighted by Crippen LogP contribution is 2.40. The quantitative estimate of drug-likeness (QED) is 0.235. The highest BCUT2D eigenvalue weighted by atomic mass is 28.4. The Balaban J connectivity index is 0.000000303. The van der Waals surface area contributed by atoms with Crippen LogP contribution in [0.25, 0.3) is 0 Å². The van der Waals surface area contributed by atoms with E-state index in [1.165, 1.54) is 0 Å². The fourth-order valence-corrected chi connectivity index (χ4v) is 5.63. The number of rotatable bonds is 4. The van der Waals surface area contributed by atoms with Crippen LogP contribution in [0.1, 0.15) is 106 Å². The van der Waals surface area contributed by atoms with Crippen molar-refractivity contribution in [3.63, 3.8) is 0 Å². The molecule has 0 unspecified atom stereocenters. The van der Waals surface area contributed by atoms with Crippen LogP contribution >= 0.6 is 0 Å². The fourth-order valence-electron chi connectivity index (χ4n) is 4.58. The number of unbranched alkanes of at least 4 members (excludes halogenated alkanes) is 1. The average molecular weight is 581 g/mol. The first-order chi connectivity index (χ1) is 18.3. The van der Waals surface area contributed by atoms with Crippen molar-refractivity contribution in [3.05, 3.63) is 0 Å². The Hall–Kier alpha value is -1.23. The Morgan fingerprint density at radius 3 is 1.80 bits per heavy atom. The maximum absolute atomic E-state index is 10.9. The van der Waals surface area contributed by atoms with Crippen LogP contribution in [0.5, 0.6) is 0 Å². The molecule has 2 aliphatic heterocycles. The molecule has 0 aromatic carbocycles. The summed E-state index contributed by atoms with van der Waals surface area (Å²) in [6.45, 7) is 16.7. The zero-order chi connectivity index (χ0) is 29.0. The molecule has 2 heterocycles.